The van der Waals surface area contributed by atoms with Gasteiger partial charge in [-0.25, -0.2) is 9.50 Å². The third kappa shape index (κ3) is 3.99. The first-order chi connectivity index (χ1) is 16.7. The number of hydrogen-bond donors (Lipinski definition) is 0. The molecule has 2 saturated heterocycles. The molecule has 3 aromatic heterocycles. The minimum Gasteiger partial charge on any atom is -0.496 e. The summed E-state index contributed by atoms with van der Waals surface area (Å²) in [6.45, 7) is 3.50. The lowest BCUT2D eigenvalue weighted by Crippen LogP contribution is -2.44. The normalized spacial score (nSPS) is 19.9. The van der Waals surface area contributed by atoms with Gasteiger partial charge in [0.2, 0.25) is 4.96 Å². The monoisotopic (exact) mass is 484 g/mol. The molecule has 1 atom stereocenters. The fourth-order valence-corrected chi connectivity index (χ4v) is 5.75. The highest BCUT2D eigenvalue weighted by molar-refractivity contribution is 7.18. The molecule has 10 heteroatoms. The second kappa shape index (κ2) is 9.09. The molecule has 4 aromatic rings. The fraction of sp³-hybridized carbons (Fsp3) is 0.500. The minimum absolute atomic E-state index is 0.414. The van der Waals surface area contributed by atoms with Crippen LogP contribution < -0.4 is 14.2 Å². The van der Waals surface area contributed by atoms with Crippen LogP contribution in [0.4, 0.5) is 0 Å². The van der Waals surface area contributed by atoms with Gasteiger partial charge in [0.25, 0.3) is 5.19 Å². The minimum atomic E-state index is 0.414. The van der Waals surface area contributed by atoms with Crippen LogP contribution in [0.25, 0.3) is 27.4 Å². The third-order valence-electron chi connectivity index (χ3n) is 6.77. The van der Waals surface area contributed by atoms with Crippen LogP contribution >= 0.6 is 11.3 Å². The number of ether oxygens (including phenoxy) is 4. The Balaban J connectivity index is 1.26. The molecule has 2 aliphatic rings. The van der Waals surface area contributed by atoms with E-state index >= 15 is 0 Å². The summed E-state index contributed by atoms with van der Waals surface area (Å²) in [5, 5.41) is 5.83. The lowest BCUT2D eigenvalue weighted by atomic mass is 10.1. The van der Waals surface area contributed by atoms with E-state index in [2.05, 4.69) is 15.0 Å². The Labute approximate surface area is 201 Å². The van der Waals surface area contributed by atoms with Crippen molar-refractivity contribution in [1.29, 1.82) is 0 Å². The molecule has 0 bridgehead atoms. The van der Waals surface area contributed by atoms with Crippen molar-refractivity contribution in [3.05, 3.63) is 24.4 Å². The van der Waals surface area contributed by atoms with Crippen LogP contribution in [0.5, 0.6) is 16.7 Å². The highest BCUT2D eigenvalue weighted by Gasteiger charge is 2.32. The molecular weight excluding hydrogens is 456 g/mol. The number of methoxy groups -OCH3 is 2. The van der Waals surface area contributed by atoms with Crippen molar-refractivity contribution < 1.29 is 23.4 Å². The van der Waals surface area contributed by atoms with Gasteiger partial charge in [-0.15, -0.1) is 5.10 Å². The van der Waals surface area contributed by atoms with E-state index in [0.717, 1.165) is 55.1 Å². The van der Waals surface area contributed by atoms with Crippen LogP contribution in [0.1, 0.15) is 25.7 Å². The molecule has 0 radical (unpaired) electrons. The van der Waals surface area contributed by atoms with Gasteiger partial charge in [-0.3, -0.25) is 4.90 Å². The highest BCUT2D eigenvalue weighted by atomic mass is 32.1. The summed E-state index contributed by atoms with van der Waals surface area (Å²) < 4.78 is 30.6. The largest absolute Gasteiger partial charge is 0.496 e. The van der Waals surface area contributed by atoms with E-state index in [1.807, 2.05) is 24.4 Å². The average molecular weight is 485 g/mol. The summed E-state index contributed by atoms with van der Waals surface area (Å²) in [4.78, 5) is 8.02. The number of imidazole rings is 1. The highest BCUT2D eigenvalue weighted by Crippen LogP contribution is 2.38. The first kappa shape index (κ1) is 21.7. The molecular formula is C24H28N4O5S. The number of nitrogens with zero attached hydrogens (tertiary/aromatic N) is 4. The van der Waals surface area contributed by atoms with E-state index in [4.69, 9.17) is 23.4 Å². The molecule has 5 heterocycles. The first-order valence-corrected chi connectivity index (χ1v) is 12.5. The number of rotatable bonds is 7. The van der Waals surface area contributed by atoms with E-state index in [1.165, 1.54) is 17.8 Å². The molecule has 6 rings (SSSR count). The number of hydrogen-bond acceptors (Lipinski definition) is 9. The van der Waals surface area contributed by atoms with E-state index in [-0.39, 0.29) is 0 Å². The van der Waals surface area contributed by atoms with E-state index in [1.54, 1.807) is 18.7 Å². The molecule has 2 aliphatic heterocycles. The zero-order chi connectivity index (χ0) is 23.1. The van der Waals surface area contributed by atoms with Crippen LogP contribution in [-0.2, 0) is 4.74 Å². The fourth-order valence-electron chi connectivity index (χ4n) is 5.05. The Morgan fingerprint density at radius 3 is 2.79 bits per heavy atom. The van der Waals surface area contributed by atoms with Crippen molar-refractivity contribution in [3.63, 3.8) is 0 Å². The quantitative estimate of drug-likeness (QED) is 0.385. The topological polar surface area (TPSA) is 83.5 Å². The van der Waals surface area contributed by atoms with Crippen LogP contribution in [0.3, 0.4) is 0 Å². The van der Waals surface area contributed by atoms with Crippen molar-refractivity contribution in [2.75, 3.05) is 40.6 Å². The van der Waals surface area contributed by atoms with Gasteiger partial charge in [0.1, 0.15) is 29.4 Å². The molecule has 0 aliphatic carbocycles. The van der Waals surface area contributed by atoms with E-state index in [0.29, 0.717) is 46.7 Å². The SMILES string of the molecule is COc1cc(OC[C@H]2CCCN2C2CCOCC2)c2cc(-c3cn4nc(OC)sc4n3)oc2c1. The molecule has 0 saturated carbocycles. The number of benzene rings is 1. The summed E-state index contributed by atoms with van der Waals surface area (Å²) in [5.41, 5.74) is 1.42. The summed E-state index contributed by atoms with van der Waals surface area (Å²) in [6.07, 6.45) is 6.42. The van der Waals surface area contributed by atoms with Crippen LogP contribution in [0.2, 0.25) is 0 Å². The van der Waals surface area contributed by atoms with Gasteiger partial charge in [0.05, 0.1) is 25.8 Å². The Bertz CT molecular complexity index is 1260. The second-order valence-electron chi connectivity index (χ2n) is 8.76. The smallest absolute Gasteiger partial charge is 0.294 e. The van der Waals surface area contributed by atoms with Gasteiger partial charge in [-0.2, -0.15) is 0 Å². The van der Waals surface area contributed by atoms with Crippen molar-refractivity contribution in [2.45, 2.75) is 37.8 Å². The number of furan rings is 1. The van der Waals surface area contributed by atoms with Crippen molar-refractivity contribution in [1.82, 2.24) is 19.5 Å². The summed E-state index contributed by atoms with van der Waals surface area (Å²) >= 11 is 1.38. The molecule has 0 spiro atoms. The Hall–Kier alpha value is -2.82. The standard InChI is InChI=1S/C24H28N4O5S/c1-29-17-10-20(32-14-16-4-3-7-27(16)15-5-8-31-9-6-15)18-12-22(33-21(18)11-17)19-13-28-23(25-19)34-24(26-28)30-2/h10-13,15-16H,3-9,14H2,1-2H3/t16-/m1/s1. The first-order valence-electron chi connectivity index (χ1n) is 11.7. The molecule has 0 N–H and O–H groups in total. The zero-order valence-corrected chi connectivity index (χ0v) is 20.2. The molecule has 0 amide bonds. The van der Waals surface area contributed by atoms with Gasteiger partial charge in [0, 0.05) is 37.4 Å². The predicted molar refractivity (Wildman–Crippen MR) is 128 cm³/mol. The number of likely N-dealkylation sites (tertiary alicyclic amines) is 1. The Kier molecular flexibility index (Phi) is 5.80. The van der Waals surface area contributed by atoms with E-state index in [9.17, 15) is 0 Å². The molecule has 34 heavy (non-hydrogen) atoms. The maximum absolute atomic E-state index is 6.42. The molecule has 9 nitrogen and oxygen atoms in total. The lowest BCUT2D eigenvalue weighted by Gasteiger charge is -2.35. The molecule has 2 fully saturated rings. The third-order valence-corrected chi connectivity index (χ3v) is 7.66. The van der Waals surface area contributed by atoms with Gasteiger partial charge in [-0.05, 0) is 49.6 Å². The van der Waals surface area contributed by atoms with Crippen LogP contribution in [0.15, 0.2) is 28.8 Å². The summed E-state index contributed by atoms with van der Waals surface area (Å²) in [7, 11) is 3.25. The van der Waals surface area contributed by atoms with Crippen molar-refractivity contribution in [3.8, 4) is 28.1 Å². The number of aromatic nitrogens is 3. The Morgan fingerprint density at radius 2 is 2.00 bits per heavy atom. The zero-order valence-electron chi connectivity index (χ0n) is 19.4. The van der Waals surface area contributed by atoms with Crippen molar-refractivity contribution >= 4 is 27.3 Å². The molecule has 0 unspecified atom stereocenters. The van der Waals surface area contributed by atoms with Crippen molar-refractivity contribution in [2.24, 2.45) is 0 Å². The summed E-state index contributed by atoms with van der Waals surface area (Å²) in [5.74, 6) is 2.13. The second-order valence-corrected chi connectivity index (χ2v) is 9.68. The molecule has 1 aromatic carbocycles. The summed E-state index contributed by atoms with van der Waals surface area (Å²) in [6, 6.07) is 6.82. The number of fused-ring (bicyclic) bond motifs is 2. The van der Waals surface area contributed by atoms with Gasteiger partial charge in [-0.1, -0.05) is 0 Å². The molecule has 180 valence electrons. The van der Waals surface area contributed by atoms with Gasteiger partial charge in [0.15, 0.2) is 5.76 Å². The van der Waals surface area contributed by atoms with Gasteiger partial charge < -0.3 is 23.4 Å². The maximum atomic E-state index is 6.42. The Morgan fingerprint density at radius 1 is 1.12 bits per heavy atom. The van der Waals surface area contributed by atoms with E-state index < -0.39 is 0 Å². The van der Waals surface area contributed by atoms with Crippen LogP contribution in [0, 0.1) is 0 Å². The van der Waals surface area contributed by atoms with Gasteiger partial charge >= 0.3 is 0 Å². The maximum Gasteiger partial charge on any atom is 0.294 e. The van der Waals surface area contributed by atoms with Crippen LogP contribution in [-0.4, -0.2) is 72.2 Å². The predicted octanol–water partition coefficient (Wildman–Crippen LogP) is 4.24. The lowest BCUT2D eigenvalue weighted by molar-refractivity contribution is 0.0219. The average Bonchev–Trinajstić information content (AvgIpc) is 3.64.